The third-order valence-corrected chi connectivity index (χ3v) is 2.96. The normalized spacial score (nSPS) is 13.2. The topological polar surface area (TPSA) is 38.0 Å². The van der Waals surface area contributed by atoms with Crippen LogP contribution in [0.25, 0.3) is 0 Å². The first kappa shape index (κ1) is 9.71. The summed E-state index contributed by atoms with van der Waals surface area (Å²) < 4.78 is 0. The van der Waals surface area contributed by atoms with E-state index in [4.69, 9.17) is 5.73 Å². The Kier molecular flexibility index (Phi) is 3.72. The second-order valence-electron chi connectivity index (χ2n) is 3.04. The predicted octanol–water partition coefficient (Wildman–Crippen LogP) is 1.49. The van der Waals surface area contributed by atoms with E-state index in [-0.39, 0.29) is 0 Å². The minimum absolute atomic E-state index is 0.409. The molecule has 0 fully saturated rings. The van der Waals surface area contributed by atoms with Crippen LogP contribution in [-0.2, 0) is 6.54 Å². The van der Waals surface area contributed by atoms with Gasteiger partial charge in [0.05, 0.1) is 0 Å². The fourth-order valence-electron chi connectivity index (χ4n) is 0.935. The molecule has 1 unspecified atom stereocenters. The molecule has 0 spiro atoms. The molecule has 0 aliphatic carbocycles. The van der Waals surface area contributed by atoms with Gasteiger partial charge < -0.3 is 11.1 Å². The molecule has 0 aliphatic rings. The van der Waals surface area contributed by atoms with Crippen LogP contribution in [0.2, 0.25) is 0 Å². The summed E-state index contributed by atoms with van der Waals surface area (Å²) in [4.78, 5) is 1.41. The maximum Gasteiger partial charge on any atom is 0.0305 e. The first-order valence-electron chi connectivity index (χ1n) is 4.20. The maximum atomic E-state index is 5.49. The number of nitrogens with two attached hydrogens (primary N) is 1. The van der Waals surface area contributed by atoms with E-state index in [2.05, 4.69) is 30.6 Å². The van der Waals surface area contributed by atoms with Crippen molar-refractivity contribution in [2.75, 3.05) is 6.54 Å². The van der Waals surface area contributed by atoms with Gasteiger partial charge in [0, 0.05) is 24.0 Å². The van der Waals surface area contributed by atoms with Gasteiger partial charge in [0.15, 0.2) is 0 Å². The average Bonchev–Trinajstić information content (AvgIpc) is 2.47. The molecule has 1 rings (SSSR count). The predicted molar refractivity (Wildman–Crippen MR) is 54.4 cm³/mol. The molecule has 0 aromatic carbocycles. The second kappa shape index (κ2) is 4.60. The highest BCUT2D eigenvalue weighted by Crippen LogP contribution is 2.14. The van der Waals surface area contributed by atoms with Crippen LogP contribution in [0.3, 0.4) is 0 Å². The van der Waals surface area contributed by atoms with Gasteiger partial charge in [0.1, 0.15) is 0 Å². The fraction of sp³-hybridized carbons (Fsp3) is 0.556. The van der Waals surface area contributed by atoms with Gasteiger partial charge in [-0.05, 0) is 30.9 Å². The van der Waals surface area contributed by atoms with Gasteiger partial charge in [-0.15, -0.1) is 11.3 Å². The molecule has 0 amide bonds. The molecule has 3 heteroatoms. The third kappa shape index (κ3) is 2.59. The molecule has 3 N–H and O–H groups in total. The molecule has 68 valence electrons. The number of rotatable bonds is 4. The van der Waals surface area contributed by atoms with Crippen molar-refractivity contribution in [1.82, 2.24) is 5.32 Å². The summed E-state index contributed by atoms with van der Waals surface area (Å²) in [6.45, 7) is 5.88. The van der Waals surface area contributed by atoms with Gasteiger partial charge >= 0.3 is 0 Å². The molecular weight excluding hydrogens is 168 g/mol. The lowest BCUT2D eigenvalue weighted by Gasteiger charge is -2.10. The first-order valence-corrected chi connectivity index (χ1v) is 5.08. The average molecular weight is 184 g/mol. The Labute approximate surface area is 77.8 Å². The molecular formula is C9H16N2S. The lowest BCUT2D eigenvalue weighted by atomic mass is 10.2. The van der Waals surface area contributed by atoms with Crippen LogP contribution >= 0.6 is 11.3 Å². The SMILES string of the molecule is Cc1ccsc1CNC(C)CN. The first-order chi connectivity index (χ1) is 5.74. The number of nitrogens with one attached hydrogen (secondary N) is 1. The van der Waals surface area contributed by atoms with Crippen molar-refractivity contribution < 1.29 is 0 Å². The third-order valence-electron chi connectivity index (χ3n) is 1.93. The molecule has 1 aromatic rings. The molecule has 2 nitrogen and oxygen atoms in total. The summed E-state index contributed by atoms with van der Waals surface area (Å²) in [6.07, 6.45) is 0. The standard InChI is InChI=1S/C9H16N2S/c1-7-3-4-12-9(7)6-11-8(2)5-10/h3-4,8,11H,5-6,10H2,1-2H3. The van der Waals surface area contributed by atoms with E-state index in [0.29, 0.717) is 12.6 Å². The van der Waals surface area contributed by atoms with Crippen molar-refractivity contribution in [3.05, 3.63) is 21.9 Å². The highest BCUT2D eigenvalue weighted by Gasteiger charge is 2.01. The van der Waals surface area contributed by atoms with Crippen molar-refractivity contribution in [3.8, 4) is 0 Å². The fourth-order valence-corrected chi connectivity index (χ4v) is 1.79. The summed E-state index contributed by atoms with van der Waals surface area (Å²) in [5, 5.41) is 5.49. The van der Waals surface area contributed by atoms with Gasteiger partial charge in [0.2, 0.25) is 0 Å². The molecule has 0 radical (unpaired) electrons. The maximum absolute atomic E-state index is 5.49. The Morgan fingerprint density at radius 2 is 2.42 bits per heavy atom. The molecule has 1 atom stereocenters. The largest absolute Gasteiger partial charge is 0.329 e. The summed E-state index contributed by atoms with van der Waals surface area (Å²) >= 11 is 1.80. The van der Waals surface area contributed by atoms with E-state index >= 15 is 0 Å². The molecule has 0 saturated heterocycles. The van der Waals surface area contributed by atoms with Crippen LogP contribution < -0.4 is 11.1 Å². The number of thiophene rings is 1. The zero-order chi connectivity index (χ0) is 8.97. The van der Waals surface area contributed by atoms with Crippen molar-refractivity contribution in [3.63, 3.8) is 0 Å². The zero-order valence-electron chi connectivity index (χ0n) is 7.63. The van der Waals surface area contributed by atoms with Crippen LogP contribution in [-0.4, -0.2) is 12.6 Å². The van der Waals surface area contributed by atoms with Crippen molar-refractivity contribution in [2.24, 2.45) is 5.73 Å². The lowest BCUT2D eigenvalue weighted by Crippen LogP contribution is -2.32. The van der Waals surface area contributed by atoms with E-state index < -0.39 is 0 Å². The van der Waals surface area contributed by atoms with E-state index in [1.54, 1.807) is 11.3 Å². The molecule has 0 bridgehead atoms. The van der Waals surface area contributed by atoms with Crippen molar-refractivity contribution in [2.45, 2.75) is 26.4 Å². The van der Waals surface area contributed by atoms with Crippen LogP contribution in [0.15, 0.2) is 11.4 Å². The molecule has 0 aliphatic heterocycles. The summed E-state index contributed by atoms with van der Waals surface area (Å²) in [7, 11) is 0. The molecule has 12 heavy (non-hydrogen) atoms. The van der Waals surface area contributed by atoms with E-state index in [1.165, 1.54) is 10.4 Å². The lowest BCUT2D eigenvalue weighted by molar-refractivity contribution is 0.559. The van der Waals surface area contributed by atoms with Crippen molar-refractivity contribution in [1.29, 1.82) is 0 Å². The minimum Gasteiger partial charge on any atom is -0.329 e. The smallest absolute Gasteiger partial charge is 0.0305 e. The van der Waals surface area contributed by atoms with Crippen molar-refractivity contribution >= 4 is 11.3 Å². The Morgan fingerprint density at radius 3 is 2.92 bits per heavy atom. The highest BCUT2D eigenvalue weighted by atomic mass is 32.1. The van der Waals surface area contributed by atoms with Gasteiger partial charge in [-0.1, -0.05) is 0 Å². The zero-order valence-corrected chi connectivity index (χ0v) is 8.45. The Bertz CT molecular complexity index is 232. The quantitative estimate of drug-likeness (QED) is 0.744. The summed E-state index contributed by atoms with van der Waals surface area (Å²) in [5.41, 5.74) is 6.86. The van der Waals surface area contributed by atoms with Gasteiger partial charge in [-0.3, -0.25) is 0 Å². The monoisotopic (exact) mass is 184 g/mol. The molecule has 1 heterocycles. The van der Waals surface area contributed by atoms with Crippen LogP contribution in [0, 0.1) is 6.92 Å². The van der Waals surface area contributed by atoms with Crippen LogP contribution in [0.1, 0.15) is 17.4 Å². The second-order valence-corrected chi connectivity index (χ2v) is 4.05. The van der Waals surface area contributed by atoms with Gasteiger partial charge in [-0.25, -0.2) is 0 Å². The van der Waals surface area contributed by atoms with Crippen LogP contribution in [0.4, 0.5) is 0 Å². The van der Waals surface area contributed by atoms with E-state index in [1.807, 2.05) is 0 Å². The Balaban J connectivity index is 2.38. The summed E-state index contributed by atoms with van der Waals surface area (Å²) in [6, 6.07) is 2.56. The highest BCUT2D eigenvalue weighted by molar-refractivity contribution is 7.10. The molecule has 1 aromatic heterocycles. The number of aryl methyl sites for hydroxylation is 1. The Hall–Kier alpha value is -0.380. The van der Waals surface area contributed by atoms with Crippen LogP contribution in [0.5, 0.6) is 0 Å². The van der Waals surface area contributed by atoms with E-state index in [9.17, 15) is 0 Å². The van der Waals surface area contributed by atoms with E-state index in [0.717, 1.165) is 6.54 Å². The van der Waals surface area contributed by atoms with Gasteiger partial charge in [0.25, 0.3) is 0 Å². The summed E-state index contributed by atoms with van der Waals surface area (Å²) in [5.74, 6) is 0. The number of hydrogen-bond donors (Lipinski definition) is 2. The molecule has 0 saturated carbocycles. The van der Waals surface area contributed by atoms with Gasteiger partial charge in [-0.2, -0.15) is 0 Å². The Morgan fingerprint density at radius 1 is 1.67 bits per heavy atom. The minimum atomic E-state index is 0.409. The number of hydrogen-bond acceptors (Lipinski definition) is 3.